The number of hydrogen-bond acceptors (Lipinski definition) is 6. The first-order valence-corrected chi connectivity index (χ1v) is 10.3. The molecule has 1 aliphatic heterocycles. The summed E-state index contributed by atoms with van der Waals surface area (Å²) >= 11 is 0. The molecule has 0 unspecified atom stereocenters. The zero-order chi connectivity index (χ0) is 23.0. The number of carbonyl (C=O) groups excluding carboxylic acids is 1. The molecule has 1 fully saturated rings. The van der Waals surface area contributed by atoms with E-state index in [4.69, 9.17) is 14.0 Å². The van der Waals surface area contributed by atoms with Crippen molar-refractivity contribution in [2.75, 3.05) is 6.54 Å². The van der Waals surface area contributed by atoms with Crippen LogP contribution in [0, 0.1) is 0 Å². The summed E-state index contributed by atoms with van der Waals surface area (Å²) in [4.78, 5) is 30.9. The maximum Gasteiger partial charge on any atom is 0.492 e. The molecule has 2 heterocycles. The third-order valence-electron chi connectivity index (χ3n) is 5.41. The van der Waals surface area contributed by atoms with Crippen LogP contribution in [0.15, 0.2) is 34.8 Å². The zero-order valence-electron chi connectivity index (χ0n) is 19.2. The van der Waals surface area contributed by atoms with Gasteiger partial charge >= 0.3 is 13.2 Å². The number of benzene rings is 1. The standard InChI is InChI=1S/C22H30BN3O5/c1-20(2,3)29-19(28)24-12-15(23-30-21(4,5)22(6,7)31-23)10-14-8-9-16-17(11-14)25-13-26-18(16)27/h8-11,13H,12H2,1-7H3,(H,24,28)(H,25,26,27). The summed E-state index contributed by atoms with van der Waals surface area (Å²) in [5, 5.41) is 3.28. The van der Waals surface area contributed by atoms with Gasteiger partial charge in [-0.2, -0.15) is 0 Å². The fourth-order valence-corrected chi connectivity index (χ4v) is 3.07. The molecule has 0 atom stereocenters. The van der Waals surface area contributed by atoms with Crippen molar-refractivity contribution in [2.45, 2.75) is 65.3 Å². The van der Waals surface area contributed by atoms with Gasteiger partial charge in [-0.05, 0) is 71.6 Å². The highest BCUT2D eigenvalue weighted by molar-refractivity contribution is 6.56. The van der Waals surface area contributed by atoms with Crippen LogP contribution in [0.25, 0.3) is 17.0 Å². The quantitative estimate of drug-likeness (QED) is 0.725. The summed E-state index contributed by atoms with van der Waals surface area (Å²) in [6.45, 7) is 13.5. The van der Waals surface area contributed by atoms with Crippen LogP contribution in [-0.2, 0) is 14.0 Å². The molecule has 1 aromatic heterocycles. The number of nitrogens with zero attached hydrogens (tertiary/aromatic N) is 1. The van der Waals surface area contributed by atoms with Gasteiger partial charge in [0.1, 0.15) is 5.60 Å². The summed E-state index contributed by atoms with van der Waals surface area (Å²) in [6, 6.07) is 5.34. The second-order valence-corrected chi connectivity index (χ2v) is 9.67. The second-order valence-electron chi connectivity index (χ2n) is 9.67. The van der Waals surface area contributed by atoms with E-state index in [1.165, 1.54) is 6.33 Å². The molecule has 0 bridgehead atoms. The second kappa shape index (κ2) is 8.13. The summed E-state index contributed by atoms with van der Waals surface area (Å²) in [5.74, 6) is 0. The summed E-state index contributed by atoms with van der Waals surface area (Å²) in [5.41, 5.74) is 0.246. The van der Waals surface area contributed by atoms with Gasteiger partial charge < -0.3 is 24.3 Å². The number of aromatic amines is 1. The highest BCUT2D eigenvalue weighted by Gasteiger charge is 2.52. The minimum atomic E-state index is -0.650. The number of rotatable bonds is 4. The van der Waals surface area contributed by atoms with Gasteiger partial charge in [-0.1, -0.05) is 12.1 Å². The van der Waals surface area contributed by atoms with Gasteiger partial charge in [-0.15, -0.1) is 0 Å². The van der Waals surface area contributed by atoms with Gasteiger partial charge in [-0.3, -0.25) is 4.79 Å². The van der Waals surface area contributed by atoms with Gasteiger partial charge in [0.2, 0.25) is 0 Å². The van der Waals surface area contributed by atoms with E-state index in [1.807, 2.05) is 45.9 Å². The summed E-state index contributed by atoms with van der Waals surface area (Å²) in [7, 11) is -0.650. The van der Waals surface area contributed by atoms with Gasteiger partial charge in [0.15, 0.2) is 0 Å². The first-order chi connectivity index (χ1) is 14.3. The van der Waals surface area contributed by atoms with Crippen LogP contribution in [0.5, 0.6) is 0 Å². The van der Waals surface area contributed by atoms with Crippen LogP contribution in [0.1, 0.15) is 54.0 Å². The van der Waals surface area contributed by atoms with E-state index in [2.05, 4.69) is 15.3 Å². The van der Waals surface area contributed by atoms with Crippen molar-refractivity contribution in [1.82, 2.24) is 15.3 Å². The Bertz CT molecular complexity index is 1050. The topological polar surface area (TPSA) is 103 Å². The predicted octanol–water partition coefficient (Wildman–Crippen LogP) is 3.46. The Kier molecular flexibility index (Phi) is 6.04. The van der Waals surface area contributed by atoms with E-state index in [0.717, 1.165) is 5.56 Å². The molecule has 0 spiro atoms. The zero-order valence-corrected chi connectivity index (χ0v) is 19.2. The maximum atomic E-state index is 12.2. The van der Waals surface area contributed by atoms with Crippen molar-refractivity contribution in [1.29, 1.82) is 0 Å². The van der Waals surface area contributed by atoms with Crippen LogP contribution in [0.2, 0.25) is 0 Å². The first-order valence-electron chi connectivity index (χ1n) is 10.3. The minimum absolute atomic E-state index is 0.173. The Morgan fingerprint density at radius 2 is 1.87 bits per heavy atom. The van der Waals surface area contributed by atoms with Gasteiger partial charge in [0, 0.05) is 6.54 Å². The fourth-order valence-electron chi connectivity index (χ4n) is 3.07. The lowest BCUT2D eigenvalue weighted by Crippen LogP contribution is -2.41. The van der Waals surface area contributed by atoms with Crippen molar-refractivity contribution in [3.8, 4) is 0 Å². The largest absolute Gasteiger partial charge is 0.492 e. The number of aromatic nitrogens is 2. The molecule has 2 N–H and O–H groups in total. The third kappa shape index (κ3) is 5.35. The number of alkyl carbamates (subject to hydrolysis) is 1. The molecule has 1 aliphatic rings. The number of amides is 1. The predicted molar refractivity (Wildman–Crippen MR) is 121 cm³/mol. The lowest BCUT2D eigenvalue weighted by Gasteiger charge is -2.32. The maximum absolute atomic E-state index is 12.2. The molecule has 8 nitrogen and oxygen atoms in total. The van der Waals surface area contributed by atoms with Crippen LogP contribution >= 0.6 is 0 Å². The molecule has 1 aromatic carbocycles. The molecule has 2 aromatic rings. The number of H-pyrrole nitrogens is 1. The van der Waals surface area contributed by atoms with E-state index in [-0.39, 0.29) is 12.1 Å². The monoisotopic (exact) mass is 427 g/mol. The van der Waals surface area contributed by atoms with Crippen molar-refractivity contribution in [3.63, 3.8) is 0 Å². The SMILES string of the molecule is CC(C)(C)OC(=O)NCC(=Cc1ccc2c(=O)[nH]cnc2c1)B1OC(C)(C)C(C)(C)O1. The van der Waals surface area contributed by atoms with Crippen molar-refractivity contribution in [3.05, 3.63) is 45.9 Å². The molecular formula is C22H30BN3O5. The Morgan fingerprint density at radius 3 is 2.48 bits per heavy atom. The van der Waals surface area contributed by atoms with Crippen LogP contribution in [0.4, 0.5) is 4.79 Å². The summed E-state index contributed by atoms with van der Waals surface area (Å²) in [6.07, 6.45) is 2.72. The average molecular weight is 427 g/mol. The fraction of sp³-hybridized carbons (Fsp3) is 0.500. The molecule has 166 valence electrons. The van der Waals surface area contributed by atoms with E-state index in [0.29, 0.717) is 16.4 Å². The van der Waals surface area contributed by atoms with Gasteiger partial charge in [0.25, 0.3) is 5.56 Å². The van der Waals surface area contributed by atoms with Crippen LogP contribution in [-0.4, -0.2) is 46.5 Å². The smallest absolute Gasteiger partial charge is 0.444 e. The molecule has 0 aliphatic carbocycles. The molecule has 0 saturated carbocycles. The molecule has 9 heteroatoms. The van der Waals surface area contributed by atoms with Crippen molar-refractivity contribution in [2.24, 2.45) is 0 Å². The molecule has 0 radical (unpaired) electrons. The molecule has 1 saturated heterocycles. The number of nitrogens with one attached hydrogen (secondary N) is 2. The average Bonchev–Trinajstić information content (AvgIpc) is 2.84. The Labute approximate surface area is 182 Å². The summed E-state index contributed by atoms with van der Waals surface area (Å²) < 4.78 is 17.7. The van der Waals surface area contributed by atoms with E-state index < -0.39 is 30.0 Å². The van der Waals surface area contributed by atoms with Gasteiger partial charge in [0.05, 0.1) is 28.4 Å². The lowest BCUT2D eigenvalue weighted by molar-refractivity contribution is 0.00578. The van der Waals surface area contributed by atoms with Crippen LogP contribution in [0.3, 0.4) is 0 Å². The van der Waals surface area contributed by atoms with E-state index in [9.17, 15) is 9.59 Å². The highest BCUT2D eigenvalue weighted by Crippen LogP contribution is 2.38. The number of carbonyl (C=O) groups is 1. The van der Waals surface area contributed by atoms with E-state index >= 15 is 0 Å². The lowest BCUT2D eigenvalue weighted by atomic mass is 9.77. The molecular weight excluding hydrogens is 397 g/mol. The van der Waals surface area contributed by atoms with Crippen molar-refractivity contribution >= 4 is 30.2 Å². The van der Waals surface area contributed by atoms with E-state index in [1.54, 1.807) is 26.8 Å². The Hall–Kier alpha value is -2.65. The number of hydrogen-bond donors (Lipinski definition) is 2. The van der Waals surface area contributed by atoms with Gasteiger partial charge in [-0.25, -0.2) is 9.78 Å². The number of fused-ring (bicyclic) bond motifs is 1. The van der Waals surface area contributed by atoms with Crippen LogP contribution < -0.4 is 10.9 Å². The number of ether oxygens (including phenoxy) is 1. The third-order valence-corrected chi connectivity index (χ3v) is 5.41. The van der Waals surface area contributed by atoms with Crippen molar-refractivity contribution < 1.29 is 18.8 Å². The molecule has 1 amide bonds. The highest BCUT2D eigenvalue weighted by atomic mass is 16.7. The molecule has 3 rings (SSSR count). The Balaban J connectivity index is 1.92. The minimum Gasteiger partial charge on any atom is -0.444 e. The molecule has 31 heavy (non-hydrogen) atoms. The normalized spacial score (nSPS) is 18.3. The Morgan fingerprint density at radius 1 is 1.23 bits per heavy atom. The first kappa shape index (κ1) is 23.0.